The lowest BCUT2D eigenvalue weighted by Gasteiger charge is -2.33. The van der Waals surface area contributed by atoms with Crippen LogP contribution in [0.4, 0.5) is 5.69 Å². The highest BCUT2D eigenvalue weighted by Crippen LogP contribution is 2.26. The van der Waals surface area contributed by atoms with E-state index in [1.165, 1.54) is 43.9 Å². The number of amidine groups is 1. The molecule has 0 unspecified atom stereocenters. The maximum atomic E-state index is 12.2. The first-order valence-electron chi connectivity index (χ1n) is 9.15. The molecule has 5 heteroatoms. The van der Waals surface area contributed by atoms with Gasteiger partial charge in [-0.05, 0) is 45.7 Å². The second-order valence-corrected chi connectivity index (χ2v) is 8.66. The standard InChI is InChI=1S/C20H31N3OS/c1-20(2,3)22-18(24)15-25-19(21-16-11-7-5-8-12-16)23(4)17-13-9-6-10-14-17/h5,7-8,11-12,17H,6,9-10,13-15H2,1-4H3,(H,22,24). The summed E-state index contributed by atoms with van der Waals surface area (Å²) in [5, 5.41) is 3.96. The summed E-state index contributed by atoms with van der Waals surface area (Å²) in [6.07, 6.45) is 6.31. The number of nitrogens with zero attached hydrogens (tertiary/aromatic N) is 2. The molecule has 1 aliphatic carbocycles. The van der Waals surface area contributed by atoms with Crippen molar-refractivity contribution in [3.05, 3.63) is 30.3 Å². The Morgan fingerprint density at radius 1 is 1.20 bits per heavy atom. The lowest BCUT2D eigenvalue weighted by Crippen LogP contribution is -2.42. The van der Waals surface area contributed by atoms with Crippen LogP contribution in [0.25, 0.3) is 0 Å². The molecule has 138 valence electrons. The molecule has 0 aromatic heterocycles. The molecule has 1 fully saturated rings. The number of aliphatic imine (C=N–C) groups is 1. The van der Waals surface area contributed by atoms with Gasteiger partial charge in [-0.3, -0.25) is 4.79 Å². The average Bonchev–Trinajstić information content (AvgIpc) is 2.58. The summed E-state index contributed by atoms with van der Waals surface area (Å²) < 4.78 is 0. The third-order valence-corrected chi connectivity index (χ3v) is 5.30. The molecule has 0 saturated heterocycles. The molecule has 1 amide bonds. The number of carbonyl (C=O) groups excluding carboxylic acids is 1. The molecule has 0 heterocycles. The van der Waals surface area contributed by atoms with Crippen LogP contribution < -0.4 is 5.32 Å². The van der Waals surface area contributed by atoms with Crippen molar-refractivity contribution < 1.29 is 4.79 Å². The quantitative estimate of drug-likeness (QED) is 0.630. The molecule has 25 heavy (non-hydrogen) atoms. The molecular formula is C20H31N3OS. The van der Waals surface area contributed by atoms with Gasteiger partial charge in [0.25, 0.3) is 0 Å². The lowest BCUT2D eigenvalue weighted by atomic mass is 9.95. The van der Waals surface area contributed by atoms with Crippen molar-refractivity contribution in [1.29, 1.82) is 0 Å². The molecule has 1 aromatic rings. The highest BCUT2D eigenvalue weighted by atomic mass is 32.2. The minimum Gasteiger partial charge on any atom is -0.351 e. The number of amides is 1. The third-order valence-electron chi connectivity index (χ3n) is 4.25. The van der Waals surface area contributed by atoms with E-state index in [1.54, 1.807) is 0 Å². The van der Waals surface area contributed by atoms with Gasteiger partial charge < -0.3 is 10.2 Å². The van der Waals surface area contributed by atoms with E-state index in [9.17, 15) is 4.79 Å². The van der Waals surface area contributed by atoms with E-state index in [-0.39, 0.29) is 11.4 Å². The fourth-order valence-corrected chi connectivity index (χ4v) is 3.89. The molecular weight excluding hydrogens is 330 g/mol. The summed E-state index contributed by atoms with van der Waals surface area (Å²) >= 11 is 1.53. The summed E-state index contributed by atoms with van der Waals surface area (Å²) in [5.74, 6) is 0.440. The number of hydrogen-bond acceptors (Lipinski definition) is 3. The van der Waals surface area contributed by atoms with Crippen LogP contribution in [0.1, 0.15) is 52.9 Å². The van der Waals surface area contributed by atoms with E-state index in [0.29, 0.717) is 11.8 Å². The summed E-state index contributed by atoms with van der Waals surface area (Å²) in [4.78, 5) is 19.3. The number of benzene rings is 1. The van der Waals surface area contributed by atoms with Gasteiger partial charge in [-0.1, -0.05) is 49.2 Å². The molecule has 0 spiro atoms. The maximum absolute atomic E-state index is 12.2. The molecule has 4 nitrogen and oxygen atoms in total. The van der Waals surface area contributed by atoms with E-state index in [2.05, 4.69) is 17.3 Å². The van der Waals surface area contributed by atoms with E-state index >= 15 is 0 Å². The van der Waals surface area contributed by atoms with Gasteiger partial charge in [-0.2, -0.15) is 0 Å². The average molecular weight is 362 g/mol. The van der Waals surface area contributed by atoms with Gasteiger partial charge in [-0.25, -0.2) is 4.99 Å². The number of nitrogens with one attached hydrogen (secondary N) is 1. The molecule has 2 rings (SSSR count). The van der Waals surface area contributed by atoms with Crippen LogP contribution in [0.3, 0.4) is 0 Å². The zero-order valence-electron chi connectivity index (χ0n) is 15.9. The zero-order chi connectivity index (χ0) is 18.3. The monoisotopic (exact) mass is 361 g/mol. The first-order valence-corrected chi connectivity index (χ1v) is 10.1. The molecule has 1 saturated carbocycles. The smallest absolute Gasteiger partial charge is 0.230 e. The largest absolute Gasteiger partial charge is 0.351 e. The number of carbonyl (C=O) groups is 1. The van der Waals surface area contributed by atoms with Crippen LogP contribution in [0, 0.1) is 0 Å². The molecule has 1 N–H and O–H groups in total. The van der Waals surface area contributed by atoms with Crippen molar-refractivity contribution >= 4 is 28.5 Å². The maximum Gasteiger partial charge on any atom is 0.230 e. The lowest BCUT2D eigenvalue weighted by molar-refractivity contribution is -0.119. The van der Waals surface area contributed by atoms with Gasteiger partial charge in [0.1, 0.15) is 0 Å². The van der Waals surface area contributed by atoms with Gasteiger partial charge in [0.05, 0.1) is 11.4 Å². The topological polar surface area (TPSA) is 44.7 Å². The summed E-state index contributed by atoms with van der Waals surface area (Å²) in [6, 6.07) is 10.5. The summed E-state index contributed by atoms with van der Waals surface area (Å²) in [7, 11) is 2.12. The van der Waals surface area contributed by atoms with Crippen LogP contribution in [-0.4, -0.2) is 40.4 Å². The molecule has 0 bridgehead atoms. The van der Waals surface area contributed by atoms with Crippen LogP contribution in [0.5, 0.6) is 0 Å². The van der Waals surface area contributed by atoms with E-state index < -0.39 is 0 Å². The van der Waals surface area contributed by atoms with Crippen LogP contribution in [0.15, 0.2) is 35.3 Å². The van der Waals surface area contributed by atoms with Crippen molar-refractivity contribution in [2.75, 3.05) is 12.8 Å². The van der Waals surface area contributed by atoms with Gasteiger partial charge >= 0.3 is 0 Å². The Kier molecular flexibility index (Phi) is 7.36. The minimum absolute atomic E-state index is 0.0512. The fraction of sp³-hybridized carbons (Fsp3) is 0.600. The number of rotatable bonds is 4. The highest BCUT2D eigenvalue weighted by Gasteiger charge is 2.22. The Bertz CT molecular complexity index is 574. The Morgan fingerprint density at radius 2 is 1.84 bits per heavy atom. The zero-order valence-corrected chi connectivity index (χ0v) is 16.7. The first kappa shape index (κ1) is 19.8. The Hall–Kier alpha value is -1.49. The summed E-state index contributed by atoms with van der Waals surface area (Å²) in [5.41, 5.74) is 0.729. The minimum atomic E-state index is -0.205. The van der Waals surface area contributed by atoms with E-state index in [0.717, 1.165) is 10.9 Å². The van der Waals surface area contributed by atoms with Crippen LogP contribution in [0.2, 0.25) is 0 Å². The molecule has 0 aliphatic heterocycles. The van der Waals surface area contributed by atoms with Crippen LogP contribution >= 0.6 is 11.8 Å². The Morgan fingerprint density at radius 3 is 2.44 bits per heavy atom. The van der Waals surface area contributed by atoms with Crippen LogP contribution in [-0.2, 0) is 4.79 Å². The number of thioether (sulfide) groups is 1. The Labute approximate surface area is 156 Å². The molecule has 1 aromatic carbocycles. The predicted molar refractivity (Wildman–Crippen MR) is 109 cm³/mol. The van der Waals surface area contributed by atoms with E-state index in [1.807, 2.05) is 51.1 Å². The van der Waals surface area contributed by atoms with Gasteiger partial charge in [0.2, 0.25) is 5.91 Å². The van der Waals surface area contributed by atoms with Crippen molar-refractivity contribution in [3.8, 4) is 0 Å². The normalized spacial score (nSPS) is 16.6. The second-order valence-electron chi connectivity index (χ2n) is 7.72. The second kappa shape index (κ2) is 9.27. The van der Waals surface area contributed by atoms with Crippen molar-refractivity contribution in [1.82, 2.24) is 10.2 Å². The van der Waals surface area contributed by atoms with Gasteiger partial charge in [0, 0.05) is 18.6 Å². The Balaban J connectivity index is 2.09. The van der Waals surface area contributed by atoms with Crippen molar-refractivity contribution in [2.45, 2.75) is 64.5 Å². The predicted octanol–water partition coefficient (Wildman–Crippen LogP) is 4.59. The number of hydrogen-bond donors (Lipinski definition) is 1. The fourth-order valence-electron chi connectivity index (χ4n) is 3.03. The molecule has 0 radical (unpaired) electrons. The number of para-hydroxylation sites is 1. The third kappa shape index (κ3) is 7.10. The SMILES string of the molecule is CN(C(=Nc1ccccc1)SCC(=O)NC(C)(C)C)C1CCCCC1. The molecule has 0 atom stereocenters. The van der Waals surface area contributed by atoms with E-state index in [4.69, 9.17) is 4.99 Å². The molecule has 1 aliphatic rings. The van der Waals surface area contributed by atoms with Crippen molar-refractivity contribution in [3.63, 3.8) is 0 Å². The van der Waals surface area contributed by atoms with Gasteiger partial charge in [0.15, 0.2) is 5.17 Å². The van der Waals surface area contributed by atoms with Crippen molar-refractivity contribution in [2.24, 2.45) is 4.99 Å². The highest BCUT2D eigenvalue weighted by molar-refractivity contribution is 8.14. The van der Waals surface area contributed by atoms with Gasteiger partial charge in [-0.15, -0.1) is 0 Å². The first-order chi connectivity index (χ1) is 11.8. The summed E-state index contributed by atoms with van der Waals surface area (Å²) in [6.45, 7) is 6.01.